The van der Waals surface area contributed by atoms with E-state index in [0.717, 1.165) is 75.5 Å². The standard InChI is InChI=1S/C32H39N3O3/c1-37-29-13-11-28(12-14-29)31(36)35-19-16-32(17-20-35)15-5-4-9-27-8-2-3-10-30(27)38-22-21-34(25-32)24-26-7-6-18-33-23-26/h2-3,6-8,10-14,18,23H,4-5,9,15-17,19-22,24-25H2,1H3. The molecule has 0 radical (unpaired) electrons. The molecule has 0 bridgehead atoms. The molecule has 6 heteroatoms. The van der Waals surface area contributed by atoms with E-state index in [0.29, 0.717) is 6.61 Å². The van der Waals surface area contributed by atoms with Crippen molar-refractivity contribution < 1.29 is 14.3 Å². The molecule has 1 amide bonds. The summed E-state index contributed by atoms with van der Waals surface area (Å²) in [5, 5.41) is 0. The lowest BCUT2D eigenvalue weighted by atomic mass is 9.73. The van der Waals surface area contributed by atoms with Gasteiger partial charge in [-0.2, -0.15) is 0 Å². The summed E-state index contributed by atoms with van der Waals surface area (Å²) in [5.41, 5.74) is 3.45. The van der Waals surface area contributed by atoms with Crippen molar-refractivity contribution in [2.45, 2.75) is 45.1 Å². The molecule has 1 spiro atoms. The van der Waals surface area contributed by atoms with E-state index in [1.807, 2.05) is 47.6 Å². The number of para-hydroxylation sites is 1. The topological polar surface area (TPSA) is 54.9 Å². The summed E-state index contributed by atoms with van der Waals surface area (Å²) in [6, 6.07) is 20.1. The second-order valence-corrected chi connectivity index (χ2v) is 10.8. The lowest BCUT2D eigenvalue weighted by molar-refractivity contribution is 0.0361. The highest BCUT2D eigenvalue weighted by Crippen LogP contribution is 2.39. The second-order valence-electron chi connectivity index (χ2n) is 10.8. The van der Waals surface area contributed by atoms with Gasteiger partial charge in [-0.15, -0.1) is 0 Å². The van der Waals surface area contributed by atoms with Crippen LogP contribution in [-0.4, -0.2) is 60.6 Å². The molecule has 38 heavy (non-hydrogen) atoms. The molecule has 2 aromatic carbocycles. The summed E-state index contributed by atoms with van der Waals surface area (Å²) in [6.45, 7) is 4.98. The SMILES string of the molecule is COc1ccc(C(=O)N2CCC3(CCCCc4ccccc4OCCN(Cc4cccnc4)C3)CC2)cc1. The van der Waals surface area contributed by atoms with Crippen molar-refractivity contribution >= 4 is 5.91 Å². The Hall–Kier alpha value is -3.38. The molecule has 1 aromatic heterocycles. The Kier molecular flexibility index (Phi) is 8.59. The highest BCUT2D eigenvalue weighted by atomic mass is 16.5. The molecule has 0 unspecified atom stereocenters. The number of methoxy groups -OCH3 is 1. The number of nitrogens with zero attached hydrogens (tertiary/aromatic N) is 3. The highest BCUT2D eigenvalue weighted by Gasteiger charge is 2.37. The van der Waals surface area contributed by atoms with Crippen LogP contribution in [0.3, 0.4) is 0 Å². The molecule has 0 atom stereocenters. The molecule has 1 fully saturated rings. The predicted octanol–water partition coefficient (Wildman–Crippen LogP) is 5.62. The maximum absolute atomic E-state index is 13.3. The van der Waals surface area contributed by atoms with Crippen LogP contribution in [0.4, 0.5) is 0 Å². The van der Waals surface area contributed by atoms with E-state index < -0.39 is 0 Å². The van der Waals surface area contributed by atoms with Crippen molar-refractivity contribution in [3.63, 3.8) is 0 Å². The van der Waals surface area contributed by atoms with E-state index in [4.69, 9.17) is 9.47 Å². The van der Waals surface area contributed by atoms with Gasteiger partial charge in [0.1, 0.15) is 18.1 Å². The molecule has 3 heterocycles. The number of carbonyl (C=O) groups is 1. The first-order chi connectivity index (χ1) is 18.6. The minimum atomic E-state index is 0.118. The number of aryl methyl sites for hydroxylation is 1. The van der Waals surface area contributed by atoms with Crippen LogP contribution in [0.25, 0.3) is 0 Å². The van der Waals surface area contributed by atoms with Gasteiger partial charge in [0, 0.05) is 50.7 Å². The number of pyridine rings is 1. The summed E-state index contributed by atoms with van der Waals surface area (Å²) >= 11 is 0. The van der Waals surface area contributed by atoms with Crippen LogP contribution in [0.15, 0.2) is 73.1 Å². The number of rotatable bonds is 4. The second kappa shape index (κ2) is 12.4. The van der Waals surface area contributed by atoms with Gasteiger partial charge in [-0.3, -0.25) is 14.7 Å². The highest BCUT2D eigenvalue weighted by molar-refractivity contribution is 5.94. The van der Waals surface area contributed by atoms with Crippen LogP contribution < -0.4 is 9.47 Å². The van der Waals surface area contributed by atoms with Crippen LogP contribution >= 0.6 is 0 Å². The van der Waals surface area contributed by atoms with E-state index in [2.05, 4.69) is 40.2 Å². The first-order valence-electron chi connectivity index (χ1n) is 13.9. The van der Waals surface area contributed by atoms with E-state index in [1.165, 1.54) is 24.0 Å². The summed E-state index contributed by atoms with van der Waals surface area (Å²) < 4.78 is 11.6. The third-order valence-corrected chi connectivity index (χ3v) is 8.18. The number of hydrogen-bond acceptors (Lipinski definition) is 5. The zero-order valence-corrected chi connectivity index (χ0v) is 22.5. The summed E-state index contributed by atoms with van der Waals surface area (Å²) in [4.78, 5) is 22.2. The third-order valence-electron chi connectivity index (χ3n) is 8.18. The van der Waals surface area contributed by atoms with Crippen molar-refractivity contribution in [3.05, 3.63) is 89.7 Å². The molecular weight excluding hydrogens is 474 g/mol. The van der Waals surface area contributed by atoms with Crippen LogP contribution in [0.5, 0.6) is 11.5 Å². The normalized spacial score (nSPS) is 18.5. The van der Waals surface area contributed by atoms with Gasteiger partial charge in [0.25, 0.3) is 5.91 Å². The van der Waals surface area contributed by atoms with Crippen LogP contribution in [-0.2, 0) is 13.0 Å². The van der Waals surface area contributed by atoms with Crippen molar-refractivity contribution in [1.82, 2.24) is 14.8 Å². The van der Waals surface area contributed by atoms with E-state index >= 15 is 0 Å². The van der Waals surface area contributed by atoms with Gasteiger partial charge in [-0.25, -0.2) is 0 Å². The maximum Gasteiger partial charge on any atom is 0.253 e. The largest absolute Gasteiger partial charge is 0.497 e. The fourth-order valence-corrected chi connectivity index (χ4v) is 5.98. The van der Waals surface area contributed by atoms with Crippen molar-refractivity contribution in [1.29, 1.82) is 0 Å². The Morgan fingerprint density at radius 3 is 2.55 bits per heavy atom. The Morgan fingerprint density at radius 1 is 0.974 bits per heavy atom. The molecular formula is C32H39N3O3. The molecule has 6 nitrogen and oxygen atoms in total. The summed E-state index contributed by atoms with van der Waals surface area (Å²) in [5.74, 6) is 1.91. The molecule has 0 saturated carbocycles. The van der Waals surface area contributed by atoms with Crippen molar-refractivity contribution in [2.24, 2.45) is 5.41 Å². The number of carbonyl (C=O) groups excluding carboxylic acids is 1. The quantitative estimate of drug-likeness (QED) is 0.453. The lowest BCUT2D eigenvalue weighted by Gasteiger charge is -2.45. The Labute approximate surface area is 226 Å². The molecule has 1 saturated heterocycles. The zero-order valence-electron chi connectivity index (χ0n) is 22.5. The number of hydrogen-bond donors (Lipinski definition) is 0. The van der Waals surface area contributed by atoms with Crippen molar-refractivity contribution in [2.75, 3.05) is 39.9 Å². The molecule has 0 aliphatic carbocycles. The van der Waals surface area contributed by atoms with E-state index in [1.54, 1.807) is 7.11 Å². The first-order valence-corrected chi connectivity index (χ1v) is 13.9. The third kappa shape index (κ3) is 6.54. The average molecular weight is 514 g/mol. The maximum atomic E-state index is 13.3. The zero-order chi connectivity index (χ0) is 26.2. The average Bonchev–Trinajstić information content (AvgIpc) is 2.96. The number of aromatic nitrogens is 1. The number of ether oxygens (including phenoxy) is 2. The van der Waals surface area contributed by atoms with Crippen LogP contribution in [0, 0.1) is 5.41 Å². The lowest BCUT2D eigenvalue weighted by Crippen LogP contribution is -2.48. The van der Waals surface area contributed by atoms with Gasteiger partial charge in [0.05, 0.1) is 7.11 Å². The molecule has 0 N–H and O–H groups in total. The Balaban J connectivity index is 1.31. The minimum Gasteiger partial charge on any atom is -0.497 e. The van der Waals surface area contributed by atoms with Gasteiger partial charge in [0.2, 0.25) is 0 Å². The smallest absolute Gasteiger partial charge is 0.253 e. The number of likely N-dealkylation sites (tertiary alicyclic amines) is 1. The molecule has 3 aromatic rings. The molecule has 5 rings (SSSR count). The van der Waals surface area contributed by atoms with E-state index in [-0.39, 0.29) is 11.3 Å². The molecule has 2 aliphatic rings. The fraction of sp³-hybridized carbons (Fsp3) is 0.438. The summed E-state index contributed by atoms with van der Waals surface area (Å²) in [6.07, 6.45) is 10.4. The summed E-state index contributed by atoms with van der Waals surface area (Å²) in [7, 11) is 1.65. The van der Waals surface area contributed by atoms with Gasteiger partial charge >= 0.3 is 0 Å². The van der Waals surface area contributed by atoms with Crippen LogP contribution in [0.2, 0.25) is 0 Å². The Morgan fingerprint density at radius 2 is 1.79 bits per heavy atom. The number of piperidine rings is 1. The monoisotopic (exact) mass is 513 g/mol. The van der Waals surface area contributed by atoms with Crippen LogP contribution in [0.1, 0.15) is 53.6 Å². The molecule has 200 valence electrons. The van der Waals surface area contributed by atoms with Gasteiger partial charge in [-0.1, -0.05) is 30.7 Å². The van der Waals surface area contributed by atoms with Gasteiger partial charge < -0.3 is 14.4 Å². The number of benzene rings is 2. The predicted molar refractivity (Wildman–Crippen MR) is 150 cm³/mol. The molecule has 2 aliphatic heterocycles. The fourth-order valence-electron chi connectivity index (χ4n) is 5.98. The first kappa shape index (κ1) is 26.2. The number of fused-ring (bicyclic) bond motifs is 1. The van der Waals surface area contributed by atoms with Gasteiger partial charge in [0.15, 0.2) is 0 Å². The van der Waals surface area contributed by atoms with Crippen molar-refractivity contribution in [3.8, 4) is 11.5 Å². The van der Waals surface area contributed by atoms with Gasteiger partial charge in [-0.05, 0) is 85.0 Å². The Bertz CT molecular complexity index is 1170. The van der Waals surface area contributed by atoms with E-state index in [9.17, 15) is 4.79 Å². The number of amides is 1. The minimum absolute atomic E-state index is 0.118.